The predicted molar refractivity (Wildman–Crippen MR) is 76.1 cm³/mol. The Bertz CT molecular complexity index is 303. The normalized spacial score (nSPS) is 31.3. The van der Waals surface area contributed by atoms with Crippen molar-refractivity contribution >= 4 is 5.97 Å². The number of rotatable bonds is 3. The van der Waals surface area contributed by atoms with Crippen LogP contribution < -0.4 is 0 Å². The van der Waals surface area contributed by atoms with Crippen LogP contribution in [0.1, 0.15) is 45.4 Å². The first kappa shape index (κ1) is 14.8. The van der Waals surface area contributed by atoms with Gasteiger partial charge in [0.15, 0.2) is 0 Å². The highest BCUT2D eigenvalue weighted by atomic mass is 16.5. The number of esters is 1. The highest BCUT2D eigenvalue weighted by Crippen LogP contribution is 2.29. The first-order valence-corrected chi connectivity index (χ1v) is 7.64. The molecule has 1 saturated carbocycles. The summed E-state index contributed by atoms with van der Waals surface area (Å²) in [5.41, 5.74) is 0. The molecule has 0 aromatic heterocycles. The molecule has 4 heteroatoms. The second-order valence-corrected chi connectivity index (χ2v) is 6.24. The lowest BCUT2D eigenvalue weighted by atomic mass is 9.90. The lowest BCUT2D eigenvalue weighted by Crippen LogP contribution is -2.60. The first-order chi connectivity index (χ1) is 9.11. The molecule has 2 rings (SSSR count). The van der Waals surface area contributed by atoms with Crippen LogP contribution in [0.15, 0.2) is 0 Å². The molecule has 0 aromatic carbocycles. The zero-order valence-electron chi connectivity index (χ0n) is 12.6. The van der Waals surface area contributed by atoms with Crippen LogP contribution in [0.4, 0.5) is 0 Å². The van der Waals surface area contributed by atoms with Crippen LogP contribution in [0.5, 0.6) is 0 Å². The number of likely N-dealkylation sites (N-methyl/N-ethyl adjacent to an activating group) is 1. The van der Waals surface area contributed by atoms with Crippen molar-refractivity contribution in [2.24, 2.45) is 0 Å². The van der Waals surface area contributed by atoms with E-state index in [1.165, 1.54) is 39.2 Å². The van der Waals surface area contributed by atoms with Gasteiger partial charge in [0.05, 0.1) is 13.5 Å². The van der Waals surface area contributed by atoms with Gasteiger partial charge in [-0.05, 0) is 26.8 Å². The van der Waals surface area contributed by atoms with Gasteiger partial charge in [-0.25, -0.2) is 0 Å². The highest BCUT2D eigenvalue weighted by molar-refractivity contribution is 5.70. The molecule has 2 atom stereocenters. The number of carbonyl (C=O) groups excluding carboxylic acids is 1. The minimum absolute atomic E-state index is 0.0756. The van der Waals surface area contributed by atoms with E-state index in [1.54, 1.807) is 0 Å². The van der Waals surface area contributed by atoms with Crippen molar-refractivity contribution in [1.29, 1.82) is 0 Å². The monoisotopic (exact) mass is 268 g/mol. The fourth-order valence-electron chi connectivity index (χ4n) is 3.92. The summed E-state index contributed by atoms with van der Waals surface area (Å²) >= 11 is 0. The van der Waals surface area contributed by atoms with Crippen LogP contribution in [0.2, 0.25) is 0 Å². The number of piperazine rings is 1. The van der Waals surface area contributed by atoms with Crippen LogP contribution in [0, 0.1) is 0 Å². The van der Waals surface area contributed by atoms with Gasteiger partial charge in [0.25, 0.3) is 0 Å². The van der Waals surface area contributed by atoms with Crippen LogP contribution >= 0.6 is 0 Å². The maximum Gasteiger partial charge on any atom is 0.307 e. The fourth-order valence-corrected chi connectivity index (χ4v) is 3.92. The Labute approximate surface area is 117 Å². The molecule has 2 fully saturated rings. The third-order valence-corrected chi connectivity index (χ3v) is 4.66. The smallest absolute Gasteiger partial charge is 0.307 e. The van der Waals surface area contributed by atoms with Gasteiger partial charge in [0.2, 0.25) is 0 Å². The van der Waals surface area contributed by atoms with Gasteiger partial charge in [-0.15, -0.1) is 0 Å². The Kier molecular flexibility index (Phi) is 5.22. The van der Waals surface area contributed by atoms with Gasteiger partial charge in [0.1, 0.15) is 0 Å². The summed E-state index contributed by atoms with van der Waals surface area (Å²) < 4.78 is 4.87. The van der Waals surface area contributed by atoms with E-state index in [0.29, 0.717) is 24.5 Å². The number of hydrogen-bond acceptors (Lipinski definition) is 4. The Morgan fingerprint density at radius 3 is 2.53 bits per heavy atom. The fraction of sp³-hybridized carbons (Fsp3) is 0.933. The molecule has 0 radical (unpaired) electrons. The lowest BCUT2D eigenvalue weighted by molar-refractivity contribution is -0.143. The summed E-state index contributed by atoms with van der Waals surface area (Å²) in [5, 5.41) is 0. The van der Waals surface area contributed by atoms with Crippen LogP contribution in [-0.2, 0) is 9.53 Å². The van der Waals surface area contributed by atoms with Crippen molar-refractivity contribution in [3.8, 4) is 0 Å². The number of hydrogen-bond donors (Lipinski definition) is 0. The van der Waals surface area contributed by atoms with Gasteiger partial charge in [-0.3, -0.25) is 9.69 Å². The molecule has 0 bridgehead atoms. The SMILES string of the molecule is COC(=O)CC1CN(C)CC(C)N1C1CCCCC1. The quantitative estimate of drug-likeness (QED) is 0.732. The largest absolute Gasteiger partial charge is 0.469 e. The van der Waals surface area contributed by atoms with Gasteiger partial charge in [-0.1, -0.05) is 19.3 Å². The molecule has 1 aliphatic heterocycles. The molecule has 19 heavy (non-hydrogen) atoms. The van der Waals surface area contributed by atoms with E-state index in [0.717, 1.165) is 13.1 Å². The van der Waals surface area contributed by atoms with Gasteiger partial charge < -0.3 is 9.64 Å². The third kappa shape index (κ3) is 3.69. The molecule has 4 nitrogen and oxygen atoms in total. The Hall–Kier alpha value is -0.610. The van der Waals surface area contributed by atoms with Crippen LogP contribution in [0.25, 0.3) is 0 Å². The second-order valence-electron chi connectivity index (χ2n) is 6.24. The molecular formula is C15H28N2O2. The van der Waals surface area contributed by atoms with E-state index in [2.05, 4.69) is 23.8 Å². The van der Waals surface area contributed by atoms with E-state index in [4.69, 9.17) is 4.74 Å². The van der Waals surface area contributed by atoms with E-state index in [-0.39, 0.29) is 5.97 Å². The zero-order valence-corrected chi connectivity index (χ0v) is 12.6. The van der Waals surface area contributed by atoms with Crippen molar-refractivity contribution in [1.82, 2.24) is 9.80 Å². The maximum absolute atomic E-state index is 11.7. The summed E-state index contributed by atoms with van der Waals surface area (Å²) in [7, 11) is 3.64. The standard InChI is InChI=1S/C15H28N2O2/c1-12-10-16(2)11-14(9-15(18)19-3)17(12)13-7-5-4-6-8-13/h12-14H,4-11H2,1-3H3. The molecule has 1 heterocycles. The molecule has 110 valence electrons. The molecular weight excluding hydrogens is 240 g/mol. The summed E-state index contributed by atoms with van der Waals surface area (Å²) in [5.74, 6) is -0.0756. The Balaban J connectivity index is 2.06. The molecule has 2 unspecified atom stereocenters. The minimum Gasteiger partial charge on any atom is -0.469 e. The van der Waals surface area contributed by atoms with E-state index in [1.807, 2.05) is 0 Å². The summed E-state index contributed by atoms with van der Waals surface area (Å²) in [4.78, 5) is 16.6. The first-order valence-electron chi connectivity index (χ1n) is 7.64. The topological polar surface area (TPSA) is 32.8 Å². The number of methoxy groups -OCH3 is 1. The summed E-state index contributed by atoms with van der Waals surface area (Å²) in [6, 6.07) is 1.54. The second kappa shape index (κ2) is 6.71. The number of ether oxygens (including phenoxy) is 1. The van der Waals surface area contributed by atoms with E-state index < -0.39 is 0 Å². The third-order valence-electron chi connectivity index (χ3n) is 4.66. The van der Waals surface area contributed by atoms with Gasteiger partial charge in [0, 0.05) is 31.2 Å². The van der Waals surface area contributed by atoms with E-state index in [9.17, 15) is 4.79 Å². The summed E-state index contributed by atoms with van der Waals surface area (Å²) in [6.07, 6.45) is 7.18. The summed E-state index contributed by atoms with van der Waals surface area (Å²) in [6.45, 7) is 4.39. The van der Waals surface area contributed by atoms with Crippen LogP contribution in [0.3, 0.4) is 0 Å². The number of carbonyl (C=O) groups is 1. The Morgan fingerprint density at radius 2 is 1.89 bits per heavy atom. The van der Waals surface area contributed by atoms with Crippen molar-refractivity contribution in [2.45, 2.75) is 63.6 Å². The van der Waals surface area contributed by atoms with Crippen molar-refractivity contribution in [3.63, 3.8) is 0 Å². The molecule has 0 amide bonds. The lowest BCUT2D eigenvalue weighted by Gasteiger charge is -2.49. The zero-order chi connectivity index (χ0) is 13.8. The van der Waals surface area contributed by atoms with Gasteiger partial charge in [-0.2, -0.15) is 0 Å². The van der Waals surface area contributed by atoms with Crippen molar-refractivity contribution < 1.29 is 9.53 Å². The number of nitrogens with zero attached hydrogens (tertiary/aromatic N) is 2. The van der Waals surface area contributed by atoms with Crippen molar-refractivity contribution in [3.05, 3.63) is 0 Å². The molecule has 2 aliphatic rings. The average molecular weight is 268 g/mol. The molecule has 1 saturated heterocycles. The highest BCUT2D eigenvalue weighted by Gasteiger charge is 2.36. The molecule has 1 aliphatic carbocycles. The van der Waals surface area contributed by atoms with E-state index >= 15 is 0 Å². The van der Waals surface area contributed by atoms with Crippen molar-refractivity contribution in [2.75, 3.05) is 27.2 Å². The Morgan fingerprint density at radius 1 is 1.21 bits per heavy atom. The molecule has 0 N–H and O–H groups in total. The maximum atomic E-state index is 11.7. The molecule has 0 aromatic rings. The van der Waals surface area contributed by atoms with Gasteiger partial charge >= 0.3 is 5.97 Å². The average Bonchev–Trinajstić information content (AvgIpc) is 2.39. The predicted octanol–water partition coefficient (Wildman–Crippen LogP) is 1.89. The minimum atomic E-state index is -0.0756. The molecule has 0 spiro atoms. The van der Waals surface area contributed by atoms with Crippen LogP contribution in [-0.4, -0.2) is 61.1 Å².